The minimum atomic E-state index is -0.831. The van der Waals surface area contributed by atoms with Crippen LogP contribution in [0.5, 0.6) is 11.5 Å². The summed E-state index contributed by atoms with van der Waals surface area (Å²) in [5.74, 6) is 0.587. The summed E-state index contributed by atoms with van der Waals surface area (Å²) in [5.41, 5.74) is 12.7. The Hall–Kier alpha value is -10.2. The Morgan fingerprint density at radius 1 is 0.443 bits per heavy atom. The average Bonchev–Trinajstić information content (AvgIpc) is 1.95. The molecule has 0 saturated heterocycles. The van der Waals surface area contributed by atoms with Crippen LogP contribution in [0.15, 0.2) is 158 Å². The number of amides is 4. The third-order valence-electron chi connectivity index (χ3n) is 15.9. The molecule has 0 fully saturated rings. The quantitative estimate of drug-likeness (QED) is 0.170. The van der Waals surface area contributed by atoms with E-state index in [0.717, 1.165) is 77.9 Å². The van der Waals surface area contributed by atoms with E-state index >= 15 is 0 Å². The van der Waals surface area contributed by atoms with Crippen LogP contribution in [-0.4, -0.2) is 91.4 Å². The van der Waals surface area contributed by atoms with Crippen molar-refractivity contribution in [2.75, 3.05) is 23.7 Å². The molecule has 19 nitrogen and oxygen atoms in total. The molecule has 4 aliphatic heterocycles. The van der Waals surface area contributed by atoms with Crippen molar-refractivity contribution < 1.29 is 33.4 Å². The van der Waals surface area contributed by atoms with Gasteiger partial charge in [-0.15, -0.1) is 10.2 Å². The second kappa shape index (κ2) is 27.5. The van der Waals surface area contributed by atoms with Crippen molar-refractivity contribution in [1.29, 1.82) is 0 Å². The van der Waals surface area contributed by atoms with Crippen LogP contribution < -0.4 is 20.1 Å². The third kappa shape index (κ3) is 14.4. The highest BCUT2D eigenvalue weighted by molar-refractivity contribution is 6.00. The molecule has 0 aliphatic carbocycles. The first-order valence-electron chi connectivity index (χ1n) is 29.6. The van der Waals surface area contributed by atoms with Gasteiger partial charge in [0.2, 0.25) is 11.8 Å². The number of aromatic nitrogens is 8. The number of nitrogens with one attached hydrogen (secondary N) is 2. The fourth-order valence-corrected chi connectivity index (χ4v) is 11.4. The molecular formula is C69H74N12O7. The number of hydrogen-bond donors (Lipinski definition) is 2. The van der Waals surface area contributed by atoms with E-state index in [-0.39, 0.29) is 42.6 Å². The van der Waals surface area contributed by atoms with Gasteiger partial charge in [-0.3, -0.25) is 28.5 Å². The van der Waals surface area contributed by atoms with Gasteiger partial charge in [0, 0.05) is 85.6 Å². The number of nitrogens with zero attached hydrogens (tertiary/aromatic N) is 10. The molecule has 88 heavy (non-hydrogen) atoms. The predicted octanol–water partition coefficient (Wildman–Crippen LogP) is 11.0. The van der Waals surface area contributed by atoms with Gasteiger partial charge in [-0.2, -0.15) is 0 Å². The standard InChI is InChI=1S/2C33H34N6O3.C3H6O/c2*1-22-7-6-8-23(2)31(22)34-33(41)32-25-11-13-28(14-12-25)42-21-27-20-38(36-35-27)18-17-37-19-26(15-16-39(32)24(3)40)29-9-4-5-10-30(29)37;1-3(2)4/h2*4-14,19-20,32H,15-18,21H2,1-3H3,(H,34,41);1-2H3/t2*32-;/m11./s1. The van der Waals surface area contributed by atoms with Gasteiger partial charge in [0.25, 0.3) is 11.8 Å². The minimum Gasteiger partial charge on any atom is -0.487 e. The monoisotopic (exact) mass is 1180 g/mol. The smallest absolute Gasteiger partial charge is 0.251 e. The van der Waals surface area contributed by atoms with Crippen molar-refractivity contribution in [3.8, 4) is 11.5 Å². The van der Waals surface area contributed by atoms with E-state index < -0.39 is 12.1 Å². The van der Waals surface area contributed by atoms with Gasteiger partial charge < -0.3 is 43.8 Å². The molecule has 10 aromatic rings. The predicted molar refractivity (Wildman–Crippen MR) is 339 cm³/mol. The number of aryl methyl sites for hydroxylation is 8. The molecule has 14 rings (SSSR count). The number of benzene rings is 6. The number of ketones is 1. The fourth-order valence-electron chi connectivity index (χ4n) is 11.4. The molecule has 4 amide bonds. The highest BCUT2D eigenvalue weighted by atomic mass is 16.5. The lowest BCUT2D eigenvalue weighted by Gasteiger charge is -2.31. The van der Waals surface area contributed by atoms with Crippen molar-refractivity contribution in [2.24, 2.45) is 0 Å². The summed E-state index contributed by atoms with van der Waals surface area (Å²) in [6.07, 6.45) is 9.29. The first kappa shape index (κ1) is 60.9. The number of carbonyl (C=O) groups excluding carboxylic acids is 5. The van der Waals surface area contributed by atoms with Crippen LogP contribution in [0.2, 0.25) is 0 Å². The number of carbonyl (C=O) groups is 5. The zero-order valence-corrected chi connectivity index (χ0v) is 51.1. The molecule has 0 spiro atoms. The van der Waals surface area contributed by atoms with Crippen LogP contribution in [0.25, 0.3) is 21.8 Å². The van der Waals surface area contributed by atoms with Gasteiger partial charge in [-0.1, -0.05) is 107 Å². The Morgan fingerprint density at radius 2 is 0.807 bits per heavy atom. The van der Waals surface area contributed by atoms with Crippen LogP contribution in [0.4, 0.5) is 11.4 Å². The highest BCUT2D eigenvalue weighted by Crippen LogP contribution is 2.32. The van der Waals surface area contributed by atoms with E-state index in [1.54, 1.807) is 9.80 Å². The van der Waals surface area contributed by atoms with Crippen LogP contribution in [0.1, 0.15) is 95.7 Å². The summed E-state index contributed by atoms with van der Waals surface area (Å²) >= 11 is 0. The van der Waals surface area contributed by atoms with E-state index in [0.29, 0.717) is 74.7 Å². The number of Topliss-reactive ketones (excluding diaryl/α,β-unsaturated/α-hetero) is 1. The first-order chi connectivity index (χ1) is 42.5. The maximum atomic E-state index is 14.1. The van der Waals surface area contributed by atoms with E-state index in [4.69, 9.17) is 9.47 Å². The second-order valence-electron chi connectivity index (χ2n) is 22.5. The van der Waals surface area contributed by atoms with E-state index in [1.165, 1.54) is 27.7 Å². The van der Waals surface area contributed by atoms with Crippen molar-refractivity contribution >= 4 is 62.6 Å². The average molecular weight is 1180 g/mol. The van der Waals surface area contributed by atoms with Gasteiger partial charge in [-0.25, -0.2) is 0 Å². The zero-order chi connectivity index (χ0) is 62.0. The molecular weight excluding hydrogens is 1110 g/mol. The van der Waals surface area contributed by atoms with E-state index in [2.05, 4.69) is 77.1 Å². The SMILES string of the molecule is CC(=O)N1CCc2cn(c3ccccc23)CCn2cc(nn2)COc2ccc(cc2)[C@@H]1C(=O)Nc1c(C)cccc1C.CC(=O)N1CCc2cn(c3ccccc23)CCn2cc(nn2)COc2ccc(cc2)[C@@H]1C(=O)Nc1c(C)cccc1C.CC(C)=O. The van der Waals surface area contributed by atoms with Crippen LogP contribution in [-0.2, 0) is 76.2 Å². The summed E-state index contributed by atoms with van der Waals surface area (Å²) in [6, 6.07) is 41.4. The molecule has 4 aromatic heterocycles. The van der Waals surface area contributed by atoms with Gasteiger partial charge in [0.15, 0.2) is 0 Å². The number of hydrogen-bond acceptors (Lipinski definition) is 11. The molecule has 4 aliphatic rings. The normalized spacial score (nSPS) is 15.2. The molecule has 452 valence electrons. The molecule has 12 bridgehead atoms. The van der Waals surface area contributed by atoms with Crippen LogP contribution in [0, 0.1) is 27.7 Å². The number of para-hydroxylation sites is 4. The summed E-state index contributed by atoms with van der Waals surface area (Å²) in [7, 11) is 0. The molecule has 8 heterocycles. The first-order valence-corrected chi connectivity index (χ1v) is 29.6. The van der Waals surface area contributed by atoms with Crippen molar-refractivity contribution in [3.05, 3.63) is 214 Å². The topological polar surface area (TPSA) is 206 Å². The van der Waals surface area contributed by atoms with Gasteiger partial charge in [-0.05, 0) is 135 Å². The Bertz CT molecular complexity index is 3840. The van der Waals surface area contributed by atoms with Crippen molar-refractivity contribution in [1.82, 2.24) is 48.9 Å². The summed E-state index contributed by atoms with van der Waals surface area (Å²) in [5, 5.41) is 25.6. The molecule has 6 aromatic carbocycles. The highest BCUT2D eigenvalue weighted by Gasteiger charge is 2.33. The molecule has 2 N–H and O–H groups in total. The van der Waals surface area contributed by atoms with Gasteiger partial charge in [0.05, 0.1) is 25.5 Å². The number of ether oxygens (including phenoxy) is 2. The van der Waals surface area contributed by atoms with E-state index in [1.807, 2.05) is 159 Å². The Balaban J connectivity index is 0.000000183. The fraction of sp³-hybridized carbons (Fsp3) is 0.290. The minimum absolute atomic E-state index is 0.167. The largest absolute Gasteiger partial charge is 0.487 e. The molecule has 0 saturated carbocycles. The van der Waals surface area contributed by atoms with Gasteiger partial charge in [0.1, 0.15) is 54.0 Å². The zero-order valence-electron chi connectivity index (χ0n) is 51.1. The Morgan fingerprint density at radius 3 is 1.17 bits per heavy atom. The second-order valence-corrected chi connectivity index (χ2v) is 22.5. The molecule has 2 atom stereocenters. The number of fused-ring (bicyclic) bond motifs is 16. The number of rotatable bonds is 4. The maximum Gasteiger partial charge on any atom is 0.251 e. The third-order valence-corrected chi connectivity index (χ3v) is 15.9. The summed E-state index contributed by atoms with van der Waals surface area (Å²) in [4.78, 5) is 67.3. The maximum absolute atomic E-state index is 14.1. The molecule has 0 radical (unpaired) electrons. The summed E-state index contributed by atoms with van der Waals surface area (Å²) in [6.45, 7) is 18.0. The Kier molecular flexibility index (Phi) is 19.0. The lowest BCUT2D eigenvalue weighted by atomic mass is 10.0. The Labute approximate surface area is 511 Å². The summed E-state index contributed by atoms with van der Waals surface area (Å²) < 4.78 is 20.0. The molecule has 19 heteroatoms. The lowest BCUT2D eigenvalue weighted by molar-refractivity contribution is -0.137. The van der Waals surface area contributed by atoms with Crippen molar-refractivity contribution in [2.45, 2.75) is 120 Å². The van der Waals surface area contributed by atoms with Crippen LogP contribution in [0.3, 0.4) is 0 Å². The van der Waals surface area contributed by atoms with Gasteiger partial charge >= 0.3 is 0 Å². The van der Waals surface area contributed by atoms with Crippen LogP contribution >= 0.6 is 0 Å². The number of anilines is 2. The molecule has 0 unspecified atom stereocenters. The van der Waals surface area contributed by atoms with Crippen molar-refractivity contribution in [3.63, 3.8) is 0 Å². The van der Waals surface area contributed by atoms with E-state index in [9.17, 15) is 24.0 Å². The lowest BCUT2D eigenvalue weighted by Crippen LogP contribution is -2.41.